The Morgan fingerprint density at radius 2 is 1.90 bits per heavy atom. The molecule has 1 aromatic rings. The number of ether oxygens (including phenoxy) is 2. The summed E-state index contributed by atoms with van der Waals surface area (Å²) in [6.45, 7) is 0.398. The van der Waals surface area contributed by atoms with Gasteiger partial charge in [-0.3, -0.25) is 10.1 Å². The number of halogens is 1. The van der Waals surface area contributed by atoms with E-state index in [1.54, 1.807) is 20.3 Å². The van der Waals surface area contributed by atoms with Crippen LogP contribution < -0.4 is 20.1 Å². The van der Waals surface area contributed by atoms with Crippen molar-refractivity contribution in [3.63, 3.8) is 0 Å². The Bertz CT molecular complexity index is 494. The number of nitrogens with one attached hydrogen (secondary N) is 2. The van der Waals surface area contributed by atoms with Crippen molar-refractivity contribution in [1.82, 2.24) is 10.6 Å². The minimum Gasteiger partial charge on any atom is -0.493 e. The standard InChI is InChI=1S/C14H19ClN2O4/c1-20-11-4-3-10(9-12(11)21-2)6-8-16-14(19)17-13(18)5-7-15/h3-4,9H,5-8H2,1-2H3,(H2,16,17,18,19). The lowest BCUT2D eigenvalue weighted by molar-refractivity contribution is -0.119. The summed E-state index contributed by atoms with van der Waals surface area (Å²) in [6, 6.07) is 5.01. The third-order valence-corrected chi connectivity index (χ3v) is 2.91. The number of rotatable bonds is 7. The van der Waals surface area contributed by atoms with Crippen molar-refractivity contribution in [2.75, 3.05) is 26.6 Å². The van der Waals surface area contributed by atoms with Gasteiger partial charge in [0.1, 0.15) is 0 Å². The summed E-state index contributed by atoms with van der Waals surface area (Å²) >= 11 is 5.40. The van der Waals surface area contributed by atoms with Crippen molar-refractivity contribution in [2.45, 2.75) is 12.8 Å². The number of hydrogen-bond acceptors (Lipinski definition) is 4. The van der Waals surface area contributed by atoms with E-state index < -0.39 is 11.9 Å². The van der Waals surface area contributed by atoms with Crippen LogP contribution in [0.5, 0.6) is 11.5 Å². The molecule has 0 aliphatic heterocycles. The molecule has 0 saturated heterocycles. The summed E-state index contributed by atoms with van der Waals surface area (Å²) < 4.78 is 10.3. The maximum Gasteiger partial charge on any atom is 0.321 e. The van der Waals surface area contributed by atoms with Gasteiger partial charge in [-0.2, -0.15) is 0 Å². The second-order valence-electron chi connectivity index (χ2n) is 4.18. The first-order chi connectivity index (χ1) is 10.1. The highest BCUT2D eigenvalue weighted by molar-refractivity contribution is 6.19. The predicted octanol–water partition coefficient (Wildman–Crippen LogP) is 1.70. The molecule has 0 aliphatic rings. The molecular weight excluding hydrogens is 296 g/mol. The molecule has 0 aromatic heterocycles. The SMILES string of the molecule is COc1ccc(CCNC(=O)NC(=O)CCCl)cc1OC. The molecule has 0 aliphatic carbocycles. The van der Waals surface area contributed by atoms with Crippen molar-refractivity contribution >= 4 is 23.5 Å². The number of carbonyl (C=O) groups excluding carboxylic acids is 2. The predicted molar refractivity (Wildman–Crippen MR) is 80.1 cm³/mol. The van der Waals surface area contributed by atoms with Gasteiger partial charge in [-0.15, -0.1) is 11.6 Å². The monoisotopic (exact) mass is 314 g/mol. The molecule has 1 rings (SSSR count). The largest absolute Gasteiger partial charge is 0.493 e. The first-order valence-corrected chi connectivity index (χ1v) is 6.98. The van der Waals surface area contributed by atoms with E-state index in [2.05, 4.69) is 10.6 Å². The molecule has 0 spiro atoms. The molecule has 1 aromatic carbocycles. The molecule has 0 bridgehead atoms. The van der Waals surface area contributed by atoms with Crippen molar-refractivity contribution in [3.05, 3.63) is 23.8 Å². The number of urea groups is 1. The molecular formula is C14H19ClN2O4. The first kappa shape index (κ1) is 17.1. The highest BCUT2D eigenvalue weighted by Gasteiger charge is 2.07. The van der Waals surface area contributed by atoms with Crippen LogP contribution in [-0.4, -0.2) is 38.6 Å². The van der Waals surface area contributed by atoms with Crippen LogP contribution in [0, 0.1) is 0 Å². The van der Waals surface area contributed by atoms with Crippen LogP contribution in [0.1, 0.15) is 12.0 Å². The van der Waals surface area contributed by atoms with E-state index in [0.717, 1.165) is 5.56 Å². The Morgan fingerprint density at radius 1 is 1.19 bits per heavy atom. The van der Waals surface area contributed by atoms with E-state index in [9.17, 15) is 9.59 Å². The molecule has 6 nitrogen and oxygen atoms in total. The Balaban J connectivity index is 2.42. The van der Waals surface area contributed by atoms with E-state index in [1.165, 1.54) is 0 Å². The zero-order valence-corrected chi connectivity index (χ0v) is 12.8. The quantitative estimate of drug-likeness (QED) is 0.751. The number of carbonyl (C=O) groups is 2. The molecule has 3 amide bonds. The summed E-state index contributed by atoms with van der Waals surface area (Å²) in [4.78, 5) is 22.6. The smallest absolute Gasteiger partial charge is 0.321 e. The normalized spacial score (nSPS) is 9.86. The molecule has 0 saturated carbocycles. The lowest BCUT2D eigenvalue weighted by atomic mass is 10.1. The number of hydrogen-bond donors (Lipinski definition) is 2. The summed E-state index contributed by atoms with van der Waals surface area (Å²) in [5.41, 5.74) is 0.986. The molecule has 0 radical (unpaired) electrons. The second kappa shape index (κ2) is 9.07. The topological polar surface area (TPSA) is 76.7 Å². The van der Waals surface area contributed by atoms with Gasteiger partial charge in [0.2, 0.25) is 5.91 Å². The fourth-order valence-corrected chi connectivity index (χ4v) is 1.85. The minimum absolute atomic E-state index is 0.116. The maximum atomic E-state index is 11.4. The molecule has 21 heavy (non-hydrogen) atoms. The molecule has 2 N–H and O–H groups in total. The molecule has 116 valence electrons. The van der Waals surface area contributed by atoms with E-state index in [4.69, 9.17) is 21.1 Å². The van der Waals surface area contributed by atoms with Gasteiger partial charge >= 0.3 is 6.03 Å². The lowest BCUT2D eigenvalue weighted by Gasteiger charge is -2.10. The van der Waals surface area contributed by atoms with Crippen LogP contribution in [-0.2, 0) is 11.2 Å². The van der Waals surface area contributed by atoms with Gasteiger partial charge in [0.15, 0.2) is 11.5 Å². The fourth-order valence-electron chi connectivity index (χ4n) is 1.68. The van der Waals surface area contributed by atoms with Gasteiger partial charge in [0.05, 0.1) is 14.2 Å². The van der Waals surface area contributed by atoms with Crippen molar-refractivity contribution in [1.29, 1.82) is 0 Å². The number of amides is 3. The third-order valence-electron chi connectivity index (χ3n) is 2.72. The van der Waals surface area contributed by atoms with Crippen LogP contribution >= 0.6 is 11.6 Å². The van der Waals surface area contributed by atoms with E-state index in [1.807, 2.05) is 12.1 Å². The Hall–Kier alpha value is -1.95. The van der Waals surface area contributed by atoms with Crippen LogP contribution in [0.25, 0.3) is 0 Å². The number of methoxy groups -OCH3 is 2. The van der Waals surface area contributed by atoms with Gasteiger partial charge in [-0.1, -0.05) is 6.07 Å². The molecule has 0 atom stereocenters. The summed E-state index contributed by atoms with van der Waals surface area (Å²) in [6.07, 6.45) is 0.724. The van der Waals surface area contributed by atoms with Gasteiger partial charge in [0.25, 0.3) is 0 Å². The zero-order valence-electron chi connectivity index (χ0n) is 12.1. The first-order valence-electron chi connectivity index (χ1n) is 6.45. The van der Waals surface area contributed by atoms with Gasteiger partial charge < -0.3 is 14.8 Å². The van der Waals surface area contributed by atoms with Crippen LogP contribution in [0.2, 0.25) is 0 Å². The van der Waals surface area contributed by atoms with Crippen molar-refractivity contribution in [3.8, 4) is 11.5 Å². The molecule has 7 heteroatoms. The van der Waals surface area contributed by atoms with Crippen molar-refractivity contribution < 1.29 is 19.1 Å². The van der Waals surface area contributed by atoms with Crippen LogP contribution in [0.3, 0.4) is 0 Å². The summed E-state index contributed by atoms with van der Waals surface area (Å²) in [5, 5.41) is 4.79. The molecule has 0 unspecified atom stereocenters. The van der Waals surface area contributed by atoms with Crippen molar-refractivity contribution in [2.24, 2.45) is 0 Å². The van der Waals surface area contributed by atoms with Crippen LogP contribution in [0.4, 0.5) is 4.79 Å². The molecule has 0 heterocycles. The summed E-state index contributed by atoms with van der Waals surface area (Å²) in [5.74, 6) is 1.08. The average molecular weight is 315 g/mol. The highest BCUT2D eigenvalue weighted by Crippen LogP contribution is 2.27. The third kappa shape index (κ3) is 5.91. The van der Waals surface area contributed by atoms with Crippen LogP contribution in [0.15, 0.2) is 18.2 Å². The second-order valence-corrected chi connectivity index (χ2v) is 4.56. The number of alkyl halides is 1. The lowest BCUT2D eigenvalue weighted by Crippen LogP contribution is -2.40. The molecule has 0 fully saturated rings. The maximum absolute atomic E-state index is 11.4. The van der Waals surface area contributed by atoms with E-state index >= 15 is 0 Å². The average Bonchev–Trinajstić information content (AvgIpc) is 2.47. The van der Waals surface area contributed by atoms with E-state index in [0.29, 0.717) is 24.5 Å². The van der Waals surface area contributed by atoms with Gasteiger partial charge in [-0.05, 0) is 24.1 Å². The van der Waals surface area contributed by atoms with Gasteiger partial charge in [0, 0.05) is 18.8 Å². The number of imide groups is 1. The fraction of sp³-hybridized carbons (Fsp3) is 0.429. The van der Waals surface area contributed by atoms with Gasteiger partial charge in [-0.25, -0.2) is 4.79 Å². The Labute approximate surface area is 128 Å². The zero-order chi connectivity index (χ0) is 15.7. The highest BCUT2D eigenvalue weighted by atomic mass is 35.5. The van der Waals surface area contributed by atoms with E-state index in [-0.39, 0.29) is 12.3 Å². The Morgan fingerprint density at radius 3 is 2.52 bits per heavy atom. The minimum atomic E-state index is -0.523. The Kier molecular flexibility index (Phi) is 7.39. The summed E-state index contributed by atoms with van der Waals surface area (Å²) in [7, 11) is 3.14. The number of benzene rings is 1.